The number of halogens is 2. The van der Waals surface area contributed by atoms with Crippen molar-refractivity contribution in [2.45, 2.75) is 19.4 Å². The average Bonchev–Trinajstić information content (AvgIpc) is 2.17. The summed E-state index contributed by atoms with van der Waals surface area (Å²) in [6, 6.07) is 2.37. The van der Waals surface area contributed by atoms with Gasteiger partial charge in [0.2, 0.25) is 0 Å². The number of benzene rings is 1. The van der Waals surface area contributed by atoms with E-state index in [4.69, 9.17) is 27.9 Å². The lowest BCUT2D eigenvalue weighted by Gasteiger charge is -2.17. The van der Waals surface area contributed by atoms with Gasteiger partial charge in [-0.2, -0.15) is 0 Å². The molecule has 0 fully saturated rings. The van der Waals surface area contributed by atoms with Crippen molar-refractivity contribution in [2.75, 3.05) is 6.61 Å². The number of ether oxygens (including phenoxy) is 1. The van der Waals surface area contributed by atoms with E-state index in [0.717, 1.165) is 6.07 Å². The van der Waals surface area contributed by atoms with Crippen molar-refractivity contribution in [3.05, 3.63) is 32.3 Å². The lowest BCUT2D eigenvalue weighted by atomic mass is 10.2. The Kier molecular flexibility index (Phi) is 4.19. The van der Waals surface area contributed by atoms with Gasteiger partial charge in [0, 0.05) is 12.1 Å². The van der Waals surface area contributed by atoms with Crippen molar-refractivity contribution >= 4 is 28.9 Å². The zero-order valence-corrected chi connectivity index (χ0v) is 10.7. The summed E-state index contributed by atoms with van der Waals surface area (Å²) in [5.74, 6) is -0.0217. The van der Waals surface area contributed by atoms with Crippen LogP contribution in [0, 0.1) is 10.1 Å². The second-order valence-corrected chi connectivity index (χ2v) is 4.91. The van der Waals surface area contributed by atoms with Crippen LogP contribution in [0.4, 0.5) is 5.69 Å². The summed E-state index contributed by atoms with van der Waals surface area (Å²) in [6.07, 6.45) is 0. The van der Waals surface area contributed by atoms with Crippen LogP contribution in [-0.2, 0) is 0 Å². The first-order valence-corrected chi connectivity index (χ1v) is 5.45. The first kappa shape index (κ1) is 14.0. The molecule has 0 heterocycles. The average molecular weight is 280 g/mol. The van der Waals surface area contributed by atoms with Crippen molar-refractivity contribution in [1.29, 1.82) is 0 Å². The quantitative estimate of drug-likeness (QED) is 0.679. The predicted molar refractivity (Wildman–Crippen MR) is 64.9 cm³/mol. The van der Waals surface area contributed by atoms with E-state index in [2.05, 4.69) is 0 Å². The van der Waals surface area contributed by atoms with Crippen molar-refractivity contribution in [2.24, 2.45) is 0 Å². The summed E-state index contributed by atoms with van der Waals surface area (Å²) in [6.45, 7) is 2.96. The van der Waals surface area contributed by atoms with Gasteiger partial charge in [0.05, 0.1) is 20.6 Å². The topological polar surface area (TPSA) is 72.6 Å². The molecule has 17 heavy (non-hydrogen) atoms. The summed E-state index contributed by atoms with van der Waals surface area (Å²) in [5.41, 5.74) is -1.39. The largest absolute Gasteiger partial charge is 0.484 e. The third-order valence-corrected chi connectivity index (χ3v) is 2.50. The van der Waals surface area contributed by atoms with Crippen LogP contribution >= 0.6 is 23.2 Å². The molecule has 0 bridgehead atoms. The van der Waals surface area contributed by atoms with Gasteiger partial charge in [-0.05, 0) is 13.8 Å². The minimum absolute atomic E-state index is 0.0217. The van der Waals surface area contributed by atoms with Gasteiger partial charge >= 0.3 is 5.69 Å². The van der Waals surface area contributed by atoms with Gasteiger partial charge in [-0.25, -0.2) is 0 Å². The molecule has 0 unspecified atom stereocenters. The SMILES string of the molecule is CC(C)(O)COc1cc(Cl)c(Cl)cc1[N+](=O)[O-]. The summed E-state index contributed by atoms with van der Waals surface area (Å²) >= 11 is 11.4. The second kappa shape index (κ2) is 5.08. The molecule has 0 saturated heterocycles. The first-order valence-electron chi connectivity index (χ1n) is 4.69. The molecular formula is C10H11Cl2NO4. The van der Waals surface area contributed by atoms with Crippen molar-refractivity contribution in [3.63, 3.8) is 0 Å². The smallest absolute Gasteiger partial charge is 0.312 e. The Morgan fingerprint density at radius 2 is 1.94 bits per heavy atom. The zero-order chi connectivity index (χ0) is 13.2. The Labute approximate surface area is 108 Å². The molecule has 0 amide bonds. The van der Waals surface area contributed by atoms with E-state index in [0.29, 0.717) is 0 Å². The van der Waals surface area contributed by atoms with E-state index in [1.807, 2.05) is 0 Å². The zero-order valence-electron chi connectivity index (χ0n) is 9.24. The fraction of sp³-hybridized carbons (Fsp3) is 0.400. The maximum absolute atomic E-state index is 10.8. The summed E-state index contributed by atoms with van der Waals surface area (Å²) in [4.78, 5) is 10.1. The molecular weight excluding hydrogens is 269 g/mol. The minimum Gasteiger partial charge on any atom is -0.484 e. The van der Waals surface area contributed by atoms with Gasteiger partial charge in [-0.3, -0.25) is 10.1 Å². The standard InChI is InChI=1S/C10H11Cl2NO4/c1-10(2,14)5-17-9-4-7(12)6(11)3-8(9)13(15)16/h3-4,14H,5H2,1-2H3. The van der Waals surface area contributed by atoms with Crippen LogP contribution in [0.1, 0.15) is 13.8 Å². The minimum atomic E-state index is -1.10. The normalized spacial score (nSPS) is 11.4. The Hall–Kier alpha value is -1.04. The Morgan fingerprint density at radius 1 is 1.41 bits per heavy atom. The summed E-state index contributed by atoms with van der Waals surface area (Å²) < 4.78 is 5.16. The number of hydrogen-bond donors (Lipinski definition) is 1. The maximum atomic E-state index is 10.8. The van der Waals surface area contributed by atoms with Gasteiger partial charge in [0.1, 0.15) is 6.61 Å². The highest BCUT2D eigenvalue weighted by atomic mass is 35.5. The molecule has 0 radical (unpaired) electrons. The highest BCUT2D eigenvalue weighted by Gasteiger charge is 2.21. The maximum Gasteiger partial charge on any atom is 0.312 e. The number of nitro benzene ring substituents is 1. The molecule has 5 nitrogen and oxygen atoms in total. The number of aliphatic hydroxyl groups is 1. The van der Waals surface area contributed by atoms with Crippen LogP contribution < -0.4 is 4.74 Å². The number of nitro groups is 1. The van der Waals surface area contributed by atoms with Gasteiger partial charge in [0.25, 0.3) is 0 Å². The van der Waals surface area contributed by atoms with Gasteiger partial charge in [-0.15, -0.1) is 0 Å². The Bertz CT molecular complexity index is 443. The molecule has 1 N–H and O–H groups in total. The second-order valence-electron chi connectivity index (χ2n) is 4.09. The summed E-state index contributed by atoms with van der Waals surface area (Å²) in [7, 11) is 0. The lowest BCUT2D eigenvalue weighted by Crippen LogP contribution is -2.28. The van der Waals surface area contributed by atoms with Crippen LogP contribution in [0.2, 0.25) is 10.0 Å². The van der Waals surface area contributed by atoms with Crippen LogP contribution in [0.15, 0.2) is 12.1 Å². The number of rotatable bonds is 4. The monoisotopic (exact) mass is 279 g/mol. The molecule has 94 valence electrons. The van der Waals surface area contributed by atoms with Crippen molar-refractivity contribution in [3.8, 4) is 5.75 Å². The fourth-order valence-electron chi connectivity index (χ4n) is 1.03. The van der Waals surface area contributed by atoms with Crippen LogP contribution in [0.3, 0.4) is 0 Å². The van der Waals surface area contributed by atoms with E-state index < -0.39 is 10.5 Å². The van der Waals surface area contributed by atoms with Crippen molar-refractivity contribution in [1.82, 2.24) is 0 Å². The first-order chi connectivity index (χ1) is 7.70. The molecule has 1 aromatic carbocycles. The van der Waals surface area contributed by atoms with E-state index in [1.54, 1.807) is 0 Å². The van der Waals surface area contributed by atoms with Crippen LogP contribution in [-0.4, -0.2) is 22.2 Å². The Balaban J connectivity index is 3.05. The highest BCUT2D eigenvalue weighted by Crippen LogP contribution is 2.35. The van der Waals surface area contributed by atoms with E-state index in [1.165, 1.54) is 19.9 Å². The molecule has 0 atom stereocenters. The van der Waals surface area contributed by atoms with E-state index in [9.17, 15) is 15.2 Å². The summed E-state index contributed by atoms with van der Waals surface area (Å²) in [5, 5.41) is 20.5. The fourth-order valence-corrected chi connectivity index (χ4v) is 1.34. The van der Waals surface area contributed by atoms with Crippen LogP contribution in [0.25, 0.3) is 0 Å². The van der Waals surface area contributed by atoms with Gasteiger partial charge in [-0.1, -0.05) is 23.2 Å². The third-order valence-electron chi connectivity index (χ3n) is 1.78. The van der Waals surface area contributed by atoms with Gasteiger partial charge in [0.15, 0.2) is 5.75 Å². The molecule has 0 aromatic heterocycles. The molecule has 0 aliphatic rings. The highest BCUT2D eigenvalue weighted by molar-refractivity contribution is 6.42. The molecule has 0 saturated carbocycles. The molecule has 7 heteroatoms. The van der Waals surface area contributed by atoms with E-state index in [-0.39, 0.29) is 28.1 Å². The predicted octanol–water partition coefficient (Wildman–Crippen LogP) is 3.05. The molecule has 1 aromatic rings. The van der Waals surface area contributed by atoms with Crippen LogP contribution in [0.5, 0.6) is 5.75 Å². The molecule has 0 spiro atoms. The molecule has 0 aliphatic carbocycles. The molecule has 0 aliphatic heterocycles. The van der Waals surface area contributed by atoms with Crippen molar-refractivity contribution < 1.29 is 14.8 Å². The van der Waals surface area contributed by atoms with Gasteiger partial charge < -0.3 is 9.84 Å². The number of hydrogen-bond acceptors (Lipinski definition) is 4. The lowest BCUT2D eigenvalue weighted by molar-refractivity contribution is -0.386. The number of nitrogens with zero attached hydrogens (tertiary/aromatic N) is 1. The Morgan fingerprint density at radius 3 is 2.41 bits per heavy atom. The molecule has 1 rings (SSSR count). The third kappa shape index (κ3) is 4.03. The van der Waals surface area contributed by atoms with E-state index >= 15 is 0 Å².